The van der Waals surface area contributed by atoms with Crippen molar-refractivity contribution in [1.29, 1.82) is 0 Å². The standard InChI is InChI=1S/C10H8Br2OS/c11-3-7-5-14-10-1-6(4-13)9(12)2-8(7)10/h1-2,5,13H,3-4H2. The lowest BCUT2D eigenvalue weighted by molar-refractivity contribution is 0.281. The lowest BCUT2D eigenvalue weighted by Crippen LogP contribution is -1.84. The Morgan fingerprint density at radius 3 is 2.71 bits per heavy atom. The molecule has 2 rings (SSSR count). The minimum Gasteiger partial charge on any atom is -0.392 e. The van der Waals surface area contributed by atoms with Gasteiger partial charge in [-0.15, -0.1) is 11.3 Å². The van der Waals surface area contributed by atoms with Crippen LogP contribution in [0.25, 0.3) is 10.1 Å². The first-order valence-corrected chi connectivity index (χ1v) is 6.91. The molecule has 0 atom stereocenters. The van der Waals surface area contributed by atoms with Crippen molar-refractivity contribution in [2.24, 2.45) is 0 Å². The van der Waals surface area contributed by atoms with E-state index in [2.05, 4.69) is 43.3 Å². The highest BCUT2D eigenvalue weighted by Gasteiger charge is 2.06. The maximum Gasteiger partial charge on any atom is 0.0693 e. The summed E-state index contributed by atoms with van der Waals surface area (Å²) in [6, 6.07) is 4.12. The van der Waals surface area contributed by atoms with Gasteiger partial charge >= 0.3 is 0 Å². The van der Waals surface area contributed by atoms with Crippen LogP contribution in [0.4, 0.5) is 0 Å². The number of aliphatic hydroxyl groups excluding tert-OH is 1. The molecule has 0 saturated carbocycles. The van der Waals surface area contributed by atoms with Crippen LogP contribution in [0.1, 0.15) is 11.1 Å². The van der Waals surface area contributed by atoms with Crippen LogP contribution in [0.15, 0.2) is 22.0 Å². The SMILES string of the molecule is OCc1cc2scc(CBr)c2cc1Br. The fourth-order valence-electron chi connectivity index (χ4n) is 1.37. The van der Waals surface area contributed by atoms with Gasteiger partial charge in [0.05, 0.1) is 6.61 Å². The van der Waals surface area contributed by atoms with E-state index in [1.54, 1.807) is 11.3 Å². The summed E-state index contributed by atoms with van der Waals surface area (Å²) in [7, 11) is 0. The molecule has 0 radical (unpaired) electrons. The van der Waals surface area contributed by atoms with E-state index >= 15 is 0 Å². The van der Waals surface area contributed by atoms with Gasteiger partial charge in [-0.25, -0.2) is 0 Å². The molecule has 1 aromatic carbocycles. The summed E-state index contributed by atoms with van der Waals surface area (Å²) in [6.07, 6.45) is 0. The van der Waals surface area contributed by atoms with Crippen molar-refractivity contribution >= 4 is 53.3 Å². The highest BCUT2D eigenvalue weighted by atomic mass is 79.9. The van der Waals surface area contributed by atoms with Crippen molar-refractivity contribution in [3.8, 4) is 0 Å². The molecule has 4 heteroatoms. The van der Waals surface area contributed by atoms with Gasteiger partial charge < -0.3 is 5.11 Å². The largest absolute Gasteiger partial charge is 0.392 e. The van der Waals surface area contributed by atoms with Crippen molar-refractivity contribution in [2.45, 2.75) is 11.9 Å². The third kappa shape index (κ3) is 1.76. The average Bonchev–Trinajstić information content (AvgIpc) is 2.58. The van der Waals surface area contributed by atoms with Gasteiger partial charge in [0.15, 0.2) is 0 Å². The predicted molar refractivity (Wildman–Crippen MR) is 68.1 cm³/mol. The Morgan fingerprint density at radius 2 is 2.07 bits per heavy atom. The molecule has 1 aromatic heterocycles. The summed E-state index contributed by atoms with van der Waals surface area (Å²) < 4.78 is 2.21. The minimum atomic E-state index is 0.0814. The molecule has 0 bridgehead atoms. The van der Waals surface area contributed by atoms with Gasteiger partial charge in [0.1, 0.15) is 0 Å². The Kier molecular flexibility index (Phi) is 3.27. The molecular formula is C10H8Br2OS. The molecule has 1 nitrogen and oxygen atoms in total. The molecule has 0 saturated heterocycles. The van der Waals surface area contributed by atoms with Crippen LogP contribution < -0.4 is 0 Å². The highest BCUT2D eigenvalue weighted by molar-refractivity contribution is 9.10. The second-order valence-corrected chi connectivity index (χ2v) is 5.32. The summed E-state index contributed by atoms with van der Waals surface area (Å²) in [4.78, 5) is 0. The fourth-order valence-corrected chi connectivity index (χ4v) is 3.52. The Bertz CT molecular complexity index is 464. The van der Waals surface area contributed by atoms with Crippen LogP contribution in [0.3, 0.4) is 0 Å². The van der Waals surface area contributed by atoms with E-state index in [1.807, 2.05) is 6.07 Å². The summed E-state index contributed by atoms with van der Waals surface area (Å²) in [5, 5.41) is 13.4. The average molecular weight is 336 g/mol. The Hall–Kier alpha value is 0.1000. The van der Waals surface area contributed by atoms with E-state index in [9.17, 15) is 0 Å². The van der Waals surface area contributed by atoms with E-state index < -0.39 is 0 Å². The molecule has 0 spiro atoms. The number of thiophene rings is 1. The third-order valence-corrected chi connectivity index (χ3v) is 4.47. The topological polar surface area (TPSA) is 20.2 Å². The molecule has 74 valence electrons. The summed E-state index contributed by atoms with van der Waals surface area (Å²) in [5.74, 6) is 0. The number of halogens is 2. The Labute approximate surface area is 103 Å². The van der Waals surface area contributed by atoms with Gasteiger partial charge in [-0.2, -0.15) is 0 Å². The van der Waals surface area contributed by atoms with Crippen LogP contribution in [0.2, 0.25) is 0 Å². The smallest absolute Gasteiger partial charge is 0.0693 e. The molecule has 0 aliphatic heterocycles. The molecule has 0 aliphatic carbocycles. The zero-order chi connectivity index (χ0) is 10.1. The summed E-state index contributed by atoms with van der Waals surface area (Å²) >= 11 is 8.63. The number of fused-ring (bicyclic) bond motifs is 1. The van der Waals surface area contributed by atoms with E-state index in [0.717, 1.165) is 15.4 Å². The number of alkyl halides is 1. The van der Waals surface area contributed by atoms with Crippen molar-refractivity contribution in [1.82, 2.24) is 0 Å². The molecule has 0 unspecified atom stereocenters. The molecular weight excluding hydrogens is 328 g/mol. The molecule has 0 amide bonds. The van der Waals surface area contributed by atoms with E-state index in [-0.39, 0.29) is 6.61 Å². The monoisotopic (exact) mass is 334 g/mol. The second-order valence-electron chi connectivity index (χ2n) is 2.99. The molecule has 1 N–H and O–H groups in total. The second kappa shape index (κ2) is 4.31. The third-order valence-electron chi connectivity index (χ3n) is 2.14. The van der Waals surface area contributed by atoms with Gasteiger partial charge in [-0.05, 0) is 34.0 Å². The van der Waals surface area contributed by atoms with Crippen LogP contribution in [-0.4, -0.2) is 5.11 Å². The van der Waals surface area contributed by atoms with Crippen LogP contribution in [0.5, 0.6) is 0 Å². The number of rotatable bonds is 2. The van der Waals surface area contributed by atoms with Gasteiger partial charge in [0.2, 0.25) is 0 Å². The number of benzene rings is 1. The van der Waals surface area contributed by atoms with Crippen molar-refractivity contribution in [3.63, 3.8) is 0 Å². The van der Waals surface area contributed by atoms with Gasteiger partial charge in [-0.1, -0.05) is 31.9 Å². The first-order valence-electron chi connectivity index (χ1n) is 4.11. The van der Waals surface area contributed by atoms with E-state index in [0.29, 0.717) is 0 Å². The fraction of sp³-hybridized carbons (Fsp3) is 0.200. The lowest BCUT2D eigenvalue weighted by Gasteiger charge is -2.01. The zero-order valence-corrected chi connectivity index (χ0v) is 11.2. The molecule has 0 aliphatic rings. The van der Waals surface area contributed by atoms with Crippen LogP contribution in [0, 0.1) is 0 Å². The normalized spacial score (nSPS) is 11.1. The molecule has 0 fully saturated rings. The zero-order valence-electron chi connectivity index (χ0n) is 7.26. The van der Waals surface area contributed by atoms with E-state index in [4.69, 9.17) is 5.11 Å². The number of hydrogen-bond donors (Lipinski definition) is 1. The van der Waals surface area contributed by atoms with Crippen molar-refractivity contribution in [2.75, 3.05) is 0 Å². The number of aliphatic hydroxyl groups is 1. The van der Waals surface area contributed by atoms with Crippen molar-refractivity contribution in [3.05, 3.63) is 33.1 Å². The Morgan fingerprint density at radius 1 is 1.29 bits per heavy atom. The van der Waals surface area contributed by atoms with Crippen LogP contribution in [-0.2, 0) is 11.9 Å². The maximum absolute atomic E-state index is 9.11. The maximum atomic E-state index is 9.11. The van der Waals surface area contributed by atoms with Crippen molar-refractivity contribution < 1.29 is 5.11 Å². The molecule has 2 aromatic rings. The van der Waals surface area contributed by atoms with Gasteiger partial charge in [-0.3, -0.25) is 0 Å². The highest BCUT2D eigenvalue weighted by Crippen LogP contribution is 2.32. The number of hydrogen-bond acceptors (Lipinski definition) is 2. The lowest BCUT2D eigenvalue weighted by atomic mass is 10.1. The summed E-state index contributed by atoms with van der Waals surface area (Å²) in [6.45, 7) is 0.0814. The van der Waals surface area contributed by atoms with Gasteiger partial charge in [0, 0.05) is 14.5 Å². The minimum absolute atomic E-state index is 0.0814. The van der Waals surface area contributed by atoms with Gasteiger partial charge in [0.25, 0.3) is 0 Å². The summed E-state index contributed by atoms with van der Waals surface area (Å²) in [5.41, 5.74) is 2.25. The first-order chi connectivity index (χ1) is 6.76. The predicted octanol–water partition coefficient (Wildman–Crippen LogP) is 4.05. The molecule has 14 heavy (non-hydrogen) atoms. The van der Waals surface area contributed by atoms with Crippen LogP contribution >= 0.6 is 43.2 Å². The first kappa shape index (κ1) is 10.6. The Balaban J connectivity index is 2.69. The van der Waals surface area contributed by atoms with E-state index in [1.165, 1.54) is 15.6 Å². The molecule has 1 heterocycles. The quantitative estimate of drug-likeness (QED) is 0.821.